The van der Waals surface area contributed by atoms with Gasteiger partial charge in [-0.2, -0.15) is 5.10 Å². The van der Waals surface area contributed by atoms with Crippen LogP contribution < -0.4 is 14.8 Å². The second-order valence-electron chi connectivity index (χ2n) is 6.68. The van der Waals surface area contributed by atoms with Crippen LogP contribution in [0.4, 0.5) is 0 Å². The van der Waals surface area contributed by atoms with Crippen LogP contribution >= 0.6 is 0 Å². The van der Waals surface area contributed by atoms with E-state index >= 15 is 0 Å². The van der Waals surface area contributed by atoms with Crippen LogP contribution in [0, 0.1) is 0 Å². The summed E-state index contributed by atoms with van der Waals surface area (Å²) in [7, 11) is 0. The summed E-state index contributed by atoms with van der Waals surface area (Å²) in [6.07, 6.45) is 2.57. The molecule has 3 heterocycles. The molecular weight excluding hydrogens is 348 g/mol. The zero-order valence-electron chi connectivity index (χ0n) is 15.2. The molecule has 0 saturated heterocycles. The molecule has 0 fully saturated rings. The number of amides is 2. The van der Waals surface area contributed by atoms with Gasteiger partial charge < -0.3 is 19.7 Å². The third kappa shape index (κ3) is 3.34. The van der Waals surface area contributed by atoms with Gasteiger partial charge in [0.15, 0.2) is 17.2 Å². The van der Waals surface area contributed by atoms with Crippen molar-refractivity contribution >= 4 is 11.8 Å². The molecule has 8 heteroatoms. The monoisotopic (exact) mass is 370 g/mol. The quantitative estimate of drug-likeness (QED) is 0.783. The zero-order valence-corrected chi connectivity index (χ0v) is 15.2. The Morgan fingerprint density at radius 1 is 1.30 bits per heavy atom. The molecule has 0 bridgehead atoms. The van der Waals surface area contributed by atoms with Crippen LogP contribution in [0.15, 0.2) is 18.2 Å². The van der Waals surface area contributed by atoms with Crippen molar-refractivity contribution in [2.24, 2.45) is 0 Å². The summed E-state index contributed by atoms with van der Waals surface area (Å²) in [5.74, 6) is 0.932. The number of ether oxygens (including phenoxy) is 2. The lowest BCUT2D eigenvalue weighted by Gasteiger charge is -2.27. The summed E-state index contributed by atoms with van der Waals surface area (Å²) in [6, 6.07) is 5.18. The molecule has 2 aromatic rings. The summed E-state index contributed by atoms with van der Waals surface area (Å²) in [4.78, 5) is 27.1. The van der Waals surface area contributed by atoms with Crippen LogP contribution in [0.3, 0.4) is 0 Å². The predicted molar refractivity (Wildman–Crippen MR) is 96.8 cm³/mol. The van der Waals surface area contributed by atoms with E-state index in [4.69, 9.17) is 9.47 Å². The van der Waals surface area contributed by atoms with Crippen molar-refractivity contribution in [1.82, 2.24) is 20.4 Å². The van der Waals surface area contributed by atoms with E-state index in [1.54, 1.807) is 23.1 Å². The normalized spacial score (nSPS) is 14.8. The fraction of sp³-hybridized carbons (Fsp3) is 0.421. The summed E-state index contributed by atoms with van der Waals surface area (Å²) in [6.45, 7) is 3.79. The summed E-state index contributed by atoms with van der Waals surface area (Å²) >= 11 is 0. The number of hydrogen-bond donors (Lipinski definition) is 2. The third-order valence-corrected chi connectivity index (χ3v) is 4.87. The van der Waals surface area contributed by atoms with Gasteiger partial charge in [0.1, 0.15) is 0 Å². The van der Waals surface area contributed by atoms with E-state index in [0.29, 0.717) is 48.8 Å². The lowest BCUT2D eigenvalue weighted by molar-refractivity contribution is 0.0731. The summed E-state index contributed by atoms with van der Waals surface area (Å²) in [5, 5.41) is 10.0. The second kappa shape index (κ2) is 7.30. The first kappa shape index (κ1) is 17.4. The van der Waals surface area contributed by atoms with Crippen molar-refractivity contribution in [3.8, 4) is 11.5 Å². The number of nitrogens with one attached hydrogen (secondary N) is 2. The van der Waals surface area contributed by atoms with Crippen molar-refractivity contribution in [3.63, 3.8) is 0 Å². The molecule has 0 aliphatic carbocycles. The Labute approximate surface area is 156 Å². The second-order valence-corrected chi connectivity index (χ2v) is 6.68. The maximum absolute atomic E-state index is 12.9. The summed E-state index contributed by atoms with van der Waals surface area (Å²) < 4.78 is 10.6. The molecule has 0 spiro atoms. The first-order valence-electron chi connectivity index (χ1n) is 9.20. The molecule has 2 amide bonds. The molecule has 0 radical (unpaired) electrons. The van der Waals surface area contributed by atoms with Gasteiger partial charge in [-0.1, -0.05) is 13.3 Å². The van der Waals surface area contributed by atoms with Crippen LogP contribution in [0.2, 0.25) is 0 Å². The number of aromatic amines is 1. The third-order valence-electron chi connectivity index (χ3n) is 4.87. The number of fused-ring (bicyclic) bond motifs is 2. The topological polar surface area (TPSA) is 96.6 Å². The minimum absolute atomic E-state index is 0.0995. The Balaban J connectivity index is 1.50. The van der Waals surface area contributed by atoms with E-state index in [1.165, 1.54) is 0 Å². The molecule has 2 aliphatic rings. The van der Waals surface area contributed by atoms with Crippen LogP contribution in [0.5, 0.6) is 11.5 Å². The molecule has 8 nitrogen and oxygen atoms in total. The van der Waals surface area contributed by atoms with Crippen molar-refractivity contribution in [1.29, 1.82) is 0 Å². The van der Waals surface area contributed by atoms with E-state index in [9.17, 15) is 9.59 Å². The van der Waals surface area contributed by atoms with Gasteiger partial charge in [-0.3, -0.25) is 14.7 Å². The van der Waals surface area contributed by atoms with Gasteiger partial charge in [-0.15, -0.1) is 0 Å². The number of nitrogens with zero attached hydrogens (tertiary/aromatic N) is 2. The highest BCUT2D eigenvalue weighted by molar-refractivity contribution is 5.96. The molecule has 1 aromatic heterocycles. The van der Waals surface area contributed by atoms with E-state index in [0.717, 1.165) is 24.1 Å². The Morgan fingerprint density at radius 3 is 3.00 bits per heavy atom. The molecule has 2 aliphatic heterocycles. The van der Waals surface area contributed by atoms with E-state index < -0.39 is 0 Å². The number of carbonyl (C=O) groups is 2. The SMILES string of the molecule is CCCCNC(=O)c1n[nH]c2c1CN(C(=O)c1ccc3c(c1)OCO3)CC2. The van der Waals surface area contributed by atoms with Gasteiger partial charge in [-0.05, 0) is 24.6 Å². The maximum atomic E-state index is 12.9. The first-order chi connectivity index (χ1) is 13.2. The number of carbonyl (C=O) groups excluding carboxylic acids is 2. The maximum Gasteiger partial charge on any atom is 0.272 e. The lowest BCUT2D eigenvalue weighted by Crippen LogP contribution is -2.37. The molecule has 2 N–H and O–H groups in total. The fourth-order valence-corrected chi connectivity index (χ4v) is 3.33. The van der Waals surface area contributed by atoms with Crippen LogP contribution in [-0.4, -0.2) is 46.8 Å². The number of hydrogen-bond acceptors (Lipinski definition) is 5. The average Bonchev–Trinajstić information content (AvgIpc) is 3.33. The number of aromatic nitrogens is 2. The Kier molecular flexibility index (Phi) is 4.70. The number of unbranched alkanes of at least 4 members (excludes halogenated alkanes) is 1. The Hall–Kier alpha value is -3.03. The number of rotatable bonds is 5. The van der Waals surface area contributed by atoms with E-state index in [-0.39, 0.29) is 18.6 Å². The highest BCUT2D eigenvalue weighted by Gasteiger charge is 2.29. The minimum Gasteiger partial charge on any atom is -0.454 e. The molecule has 1 aromatic carbocycles. The molecule has 0 unspecified atom stereocenters. The van der Waals surface area contributed by atoms with Crippen molar-refractivity contribution in [2.45, 2.75) is 32.7 Å². The van der Waals surface area contributed by atoms with Gasteiger partial charge in [-0.25, -0.2) is 0 Å². The molecular formula is C19H22N4O4. The van der Waals surface area contributed by atoms with Crippen LogP contribution in [0.1, 0.15) is 51.9 Å². The van der Waals surface area contributed by atoms with Gasteiger partial charge in [0, 0.05) is 36.3 Å². The average molecular weight is 370 g/mol. The predicted octanol–water partition coefficient (Wildman–Crippen LogP) is 1.87. The molecule has 0 saturated carbocycles. The first-order valence-corrected chi connectivity index (χ1v) is 9.20. The molecule has 27 heavy (non-hydrogen) atoms. The fourth-order valence-electron chi connectivity index (χ4n) is 3.33. The lowest BCUT2D eigenvalue weighted by atomic mass is 10.0. The Bertz CT molecular complexity index is 877. The number of benzene rings is 1. The van der Waals surface area contributed by atoms with Crippen LogP contribution in [0.25, 0.3) is 0 Å². The minimum atomic E-state index is -0.196. The molecule has 142 valence electrons. The zero-order chi connectivity index (χ0) is 18.8. The number of H-pyrrole nitrogens is 1. The smallest absolute Gasteiger partial charge is 0.272 e. The highest BCUT2D eigenvalue weighted by atomic mass is 16.7. The Morgan fingerprint density at radius 2 is 2.15 bits per heavy atom. The van der Waals surface area contributed by atoms with Gasteiger partial charge >= 0.3 is 0 Å². The van der Waals surface area contributed by atoms with Gasteiger partial charge in [0.2, 0.25) is 6.79 Å². The van der Waals surface area contributed by atoms with E-state index in [1.807, 2.05) is 0 Å². The highest BCUT2D eigenvalue weighted by Crippen LogP contribution is 2.33. The standard InChI is InChI=1S/C19H22N4O4/c1-2-3-7-20-18(24)17-13-10-23(8-6-14(13)21-22-17)19(25)12-4-5-15-16(9-12)27-11-26-15/h4-5,9H,2-3,6-8,10-11H2,1H3,(H,20,24)(H,21,22). The molecule has 0 atom stereocenters. The van der Waals surface area contributed by atoms with E-state index in [2.05, 4.69) is 22.4 Å². The van der Waals surface area contributed by atoms with Gasteiger partial charge in [0.05, 0.1) is 6.54 Å². The molecule has 4 rings (SSSR count). The van der Waals surface area contributed by atoms with Crippen molar-refractivity contribution in [3.05, 3.63) is 40.7 Å². The largest absolute Gasteiger partial charge is 0.454 e. The van der Waals surface area contributed by atoms with Crippen molar-refractivity contribution < 1.29 is 19.1 Å². The van der Waals surface area contributed by atoms with Crippen LogP contribution in [-0.2, 0) is 13.0 Å². The van der Waals surface area contributed by atoms with Gasteiger partial charge in [0.25, 0.3) is 11.8 Å². The summed E-state index contributed by atoms with van der Waals surface area (Å²) in [5.41, 5.74) is 2.64. The van der Waals surface area contributed by atoms with Crippen molar-refractivity contribution in [2.75, 3.05) is 19.9 Å².